The van der Waals surface area contributed by atoms with Gasteiger partial charge in [-0.15, -0.1) is 0 Å². The largest absolute Gasteiger partial charge is 0.469 e. The van der Waals surface area contributed by atoms with Crippen molar-refractivity contribution in [2.24, 2.45) is 0 Å². The van der Waals surface area contributed by atoms with Crippen LogP contribution in [0.4, 0.5) is 0 Å². The summed E-state index contributed by atoms with van der Waals surface area (Å²) in [7, 11) is 0. The van der Waals surface area contributed by atoms with E-state index in [0.29, 0.717) is 17.2 Å². The van der Waals surface area contributed by atoms with Gasteiger partial charge in [-0.3, -0.25) is 4.79 Å². The van der Waals surface area contributed by atoms with Crippen LogP contribution < -0.4 is 4.74 Å². The van der Waals surface area contributed by atoms with E-state index in [0.717, 1.165) is 17.2 Å². The molecule has 0 saturated heterocycles. The van der Waals surface area contributed by atoms with Gasteiger partial charge in [0.25, 0.3) is 0 Å². The number of aromatic nitrogens is 1. The summed E-state index contributed by atoms with van der Waals surface area (Å²) in [4.78, 5) is 15.4. The van der Waals surface area contributed by atoms with Gasteiger partial charge in [0.1, 0.15) is 12.4 Å². The van der Waals surface area contributed by atoms with Gasteiger partial charge in [0, 0.05) is 5.39 Å². The van der Waals surface area contributed by atoms with Gasteiger partial charge in [-0.2, -0.15) is 0 Å². The number of carbonyl (C=O) groups excluding carboxylic acids is 1. The van der Waals surface area contributed by atoms with Crippen LogP contribution in [-0.2, 0) is 6.61 Å². The Labute approximate surface area is 109 Å². The van der Waals surface area contributed by atoms with E-state index in [4.69, 9.17) is 9.15 Å². The van der Waals surface area contributed by atoms with Crippen molar-refractivity contribution in [2.45, 2.75) is 6.61 Å². The van der Waals surface area contributed by atoms with Crippen molar-refractivity contribution in [1.29, 1.82) is 0 Å². The molecule has 3 rings (SSSR count). The van der Waals surface area contributed by atoms with E-state index >= 15 is 0 Å². The minimum atomic E-state index is 0.249. The van der Waals surface area contributed by atoms with Crippen molar-refractivity contribution in [1.82, 2.24) is 4.98 Å². The molecule has 3 aromatic rings. The fourth-order valence-corrected chi connectivity index (χ4v) is 1.85. The zero-order chi connectivity index (χ0) is 13.1. The Balaban J connectivity index is 1.94. The van der Waals surface area contributed by atoms with Crippen LogP contribution >= 0.6 is 0 Å². The van der Waals surface area contributed by atoms with Crippen LogP contribution in [0.2, 0.25) is 0 Å². The molecular formula is C15H11NO3. The van der Waals surface area contributed by atoms with E-state index in [2.05, 4.69) is 4.98 Å². The fourth-order valence-electron chi connectivity index (χ4n) is 1.85. The molecule has 2 heterocycles. The Morgan fingerprint density at radius 1 is 1.21 bits per heavy atom. The lowest BCUT2D eigenvalue weighted by molar-refractivity contribution is 0.111. The number of pyridine rings is 1. The molecule has 0 amide bonds. The maximum Gasteiger partial charge on any atom is 0.225 e. The summed E-state index contributed by atoms with van der Waals surface area (Å²) >= 11 is 0. The zero-order valence-corrected chi connectivity index (χ0v) is 10.1. The lowest BCUT2D eigenvalue weighted by atomic mass is 10.1. The van der Waals surface area contributed by atoms with Crippen molar-refractivity contribution in [3.8, 4) is 5.88 Å². The first-order valence-electron chi connectivity index (χ1n) is 5.87. The molecule has 2 aromatic heterocycles. The van der Waals surface area contributed by atoms with E-state index in [1.165, 1.54) is 0 Å². The predicted molar refractivity (Wildman–Crippen MR) is 70.2 cm³/mol. The molecule has 0 radical (unpaired) electrons. The normalized spacial score (nSPS) is 10.5. The molecule has 94 valence electrons. The lowest BCUT2D eigenvalue weighted by Gasteiger charge is -2.07. The van der Waals surface area contributed by atoms with Gasteiger partial charge < -0.3 is 9.15 Å². The third-order valence-electron chi connectivity index (χ3n) is 2.77. The second-order valence-corrected chi connectivity index (χ2v) is 4.06. The van der Waals surface area contributed by atoms with Crippen molar-refractivity contribution in [2.75, 3.05) is 0 Å². The Hall–Kier alpha value is -2.62. The number of hydrogen-bond acceptors (Lipinski definition) is 4. The van der Waals surface area contributed by atoms with E-state index in [1.54, 1.807) is 18.4 Å². The Bertz CT molecular complexity index is 704. The van der Waals surface area contributed by atoms with Crippen LogP contribution in [0.3, 0.4) is 0 Å². The molecular weight excluding hydrogens is 242 g/mol. The van der Waals surface area contributed by atoms with Crippen molar-refractivity contribution < 1.29 is 13.9 Å². The molecule has 19 heavy (non-hydrogen) atoms. The van der Waals surface area contributed by atoms with Crippen LogP contribution in [-0.4, -0.2) is 11.3 Å². The van der Waals surface area contributed by atoms with E-state index in [9.17, 15) is 4.79 Å². The molecule has 0 fully saturated rings. The van der Waals surface area contributed by atoms with Gasteiger partial charge in [0.2, 0.25) is 5.88 Å². The number of benzene rings is 1. The molecule has 0 N–H and O–H groups in total. The van der Waals surface area contributed by atoms with Crippen LogP contribution in [0, 0.1) is 0 Å². The number of hydrogen-bond donors (Lipinski definition) is 0. The fraction of sp³-hybridized carbons (Fsp3) is 0.0667. The predicted octanol–water partition coefficient (Wildman–Crippen LogP) is 3.22. The maximum absolute atomic E-state index is 11.1. The molecule has 0 atom stereocenters. The summed E-state index contributed by atoms with van der Waals surface area (Å²) in [5.41, 5.74) is 1.23. The summed E-state index contributed by atoms with van der Waals surface area (Å²) in [5, 5.41) is 0.912. The molecule has 0 aliphatic rings. The molecule has 1 aromatic carbocycles. The maximum atomic E-state index is 11.1. The van der Waals surface area contributed by atoms with Gasteiger partial charge in [0.15, 0.2) is 6.29 Å². The summed E-state index contributed by atoms with van der Waals surface area (Å²) in [5.74, 6) is 1.01. The molecule has 0 aliphatic heterocycles. The average Bonchev–Trinajstić information content (AvgIpc) is 2.97. The number of carbonyl (C=O) groups is 1. The first-order chi connectivity index (χ1) is 9.36. The van der Waals surface area contributed by atoms with Gasteiger partial charge in [0.05, 0.1) is 17.3 Å². The molecule has 4 heteroatoms. The Morgan fingerprint density at radius 2 is 2.11 bits per heavy atom. The first-order valence-corrected chi connectivity index (χ1v) is 5.87. The van der Waals surface area contributed by atoms with Crippen molar-refractivity contribution in [3.05, 3.63) is 60.1 Å². The van der Waals surface area contributed by atoms with Crippen LogP contribution in [0.1, 0.15) is 16.1 Å². The number of aldehydes is 1. The highest BCUT2D eigenvalue weighted by molar-refractivity contribution is 5.88. The van der Waals surface area contributed by atoms with Gasteiger partial charge in [-0.05, 0) is 24.3 Å². The number of furan rings is 1. The summed E-state index contributed by atoms with van der Waals surface area (Å²) in [6.07, 6.45) is 2.32. The smallest absolute Gasteiger partial charge is 0.225 e. The van der Waals surface area contributed by atoms with Gasteiger partial charge in [-0.1, -0.05) is 18.2 Å². The molecule has 0 bridgehead atoms. The Morgan fingerprint density at radius 3 is 2.89 bits per heavy atom. The summed E-state index contributed by atoms with van der Waals surface area (Å²) in [6.45, 7) is 0.249. The van der Waals surface area contributed by atoms with E-state index in [-0.39, 0.29) is 6.61 Å². The molecule has 0 aliphatic carbocycles. The van der Waals surface area contributed by atoms with Crippen LogP contribution in [0.15, 0.2) is 53.1 Å². The summed E-state index contributed by atoms with van der Waals surface area (Å²) in [6, 6.07) is 12.9. The topological polar surface area (TPSA) is 52.3 Å². The second kappa shape index (κ2) is 4.94. The number of para-hydroxylation sites is 1. The third kappa shape index (κ3) is 2.33. The van der Waals surface area contributed by atoms with Crippen LogP contribution in [0.5, 0.6) is 5.88 Å². The minimum Gasteiger partial charge on any atom is -0.469 e. The van der Waals surface area contributed by atoms with E-state index < -0.39 is 0 Å². The highest BCUT2D eigenvalue weighted by atomic mass is 16.5. The number of ether oxygens (including phenoxy) is 1. The quantitative estimate of drug-likeness (QED) is 0.670. The average molecular weight is 253 g/mol. The summed E-state index contributed by atoms with van der Waals surface area (Å²) < 4.78 is 10.7. The third-order valence-corrected chi connectivity index (χ3v) is 2.77. The number of fused-ring (bicyclic) bond motifs is 1. The lowest BCUT2D eigenvalue weighted by Crippen LogP contribution is -2.00. The van der Waals surface area contributed by atoms with Gasteiger partial charge in [-0.25, -0.2) is 4.98 Å². The van der Waals surface area contributed by atoms with Crippen molar-refractivity contribution >= 4 is 17.2 Å². The van der Waals surface area contributed by atoms with Gasteiger partial charge >= 0.3 is 0 Å². The standard InChI is InChI=1S/C15H11NO3/c17-9-12-8-11-4-1-2-6-14(11)16-15(12)19-10-13-5-3-7-18-13/h1-9H,10H2. The van der Waals surface area contributed by atoms with Crippen molar-refractivity contribution in [3.63, 3.8) is 0 Å². The van der Waals surface area contributed by atoms with Crippen LogP contribution in [0.25, 0.3) is 10.9 Å². The molecule has 0 saturated carbocycles. The second-order valence-electron chi connectivity index (χ2n) is 4.06. The molecule has 0 spiro atoms. The zero-order valence-electron chi connectivity index (χ0n) is 10.1. The number of rotatable bonds is 4. The monoisotopic (exact) mass is 253 g/mol. The number of nitrogens with zero attached hydrogens (tertiary/aromatic N) is 1. The first kappa shape index (κ1) is 11.5. The highest BCUT2D eigenvalue weighted by Gasteiger charge is 2.08. The molecule has 4 nitrogen and oxygen atoms in total. The Kier molecular flexibility index (Phi) is 2.98. The highest BCUT2D eigenvalue weighted by Crippen LogP contribution is 2.21. The molecule has 0 unspecified atom stereocenters. The minimum absolute atomic E-state index is 0.249. The SMILES string of the molecule is O=Cc1cc2ccccc2nc1OCc1ccco1. The van der Waals surface area contributed by atoms with E-state index in [1.807, 2.05) is 30.3 Å².